The fraction of sp³-hybridized carbons (Fsp3) is 0.143. The highest BCUT2D eigenvalue weighted by Crippen LogP contribution is 2.35. The molecule has 0 atom stereocenters. The average molecular weight is 244 g/mol. The highest BCUT2D eigenvalue weighted by atomic mass is 16.3. The number of phenolic OH excluding ortho intramolecular Hbond substituents is 2. The molecule has 0 aliphatic carbocycles. The summed E-state index contributed by atoms with van der Waals surface area (Å²) < 4.78 is 0. The molecule has 0 radical (unpaired) electrons. The van der Waals surface area contributed by atoms with E-state index < -0.39 is 0 Å². The van der Waals surface area contributed by atoms with E-state index in [1.165, 1.54) is 0 Å². The van der Waals surface area contributed by atoms with Crippen molar-refractivity contribution in [1.29, 1.82) is 0 Å². The number of benzene rings is 2. The van der Waals surface area contributed by atoms with Crippen LogP contribution in [0.25, 0.3) is 0 Å². The van der Waals surface area contributed by atoms with Crippen LogP contribution < -0.4 is 11.1 Å². The second-order valence-electron chi connectivity index (χ2n) is 4.32. The van der Waals surface area contributed by atoms with E-state index in [2.05, 4.69) is 5.32 Å². The molecule has 0 fully saturated rings. The Labute approximate surface area is 106 Å². The van der Waals surface area contributed by atoms with Crippen molar-refractivity contribution >= 4 is 17.1 Å². The summed E-state index contributed by atoms with van der Waals surface area (Å²) >= 11 is 0. The van der Waals surface area contributed by atoms with Gasteiger partial charge < -0.3 is 21.3 Å². The van der Waals surface area contributed by atoms with Gasteiger partial charge in [-0.2, -0.15) is 0 Å². The maximum atomic E-state index is 9.86. The second-order valence-corrected chi connectivity index (χ2v) is 4.32. The molecule has 0 saturated heterocycles. The van der Waals surface area contributed by atoms with Crippen LogP contribution in [0.5, 0.6) is 11.5 Å². The Bertz CT molecular complexity index is 574. The number of para-hydroxylation sites is 1. The van der Waals surface area contributed by atoms with Crippen LogP contribution in [0.1, 0.15) is 11.1 Å². The molecule has 2 rings (SSSR count). The second kappa shape index (κ2) is 4.49. The molecule has 18 heavy (non-hydrogen) atoms. The molecule has 0 saturated carbocycles. The van der Waals surface area contributed by atoms with Crippen LogP contribution >= 0.6 is 0 Å². The van der Waals surface area contributed by atoms with Gasteiger partial charge in [0, 0.05) is 5.69 Å². The number of aryl methyl sites for hydroxylation is 2. The average Bonchev–Trinajstić information content (AvgIpc) is 2.30. The molecule has 0 heterocycles. The van der Waals surface area contributed by atoms with E-state index in [9.17, 15) is 10.2 Å². The first-order valence-corrected chi connectivity index (χ1v) is 5.63. The van der Waals surface area contributed by atoms with Gasteiger partial charge in [-0.05, 0) is 43.2 Å². The van der Waals surface area contributed by atoms with E-state index in [-0.39, 0.29) is 11.5 Å². The molecule has 0 unspecified atom stereocenters. The summed E-state index contributed by atoms with van der Waals surface area (Å²) in [4.78, 5) is 0. The number of nitrogens with one attached hydrogen (secondary N) is 1. The van der Waals surface area contributed by atoms with Crippen molar-refractivity contribution in [2.75, 3.05) is 11.1 Å². The molecule has 0 aromatic heterocycles. The number of rotatable bonds is 2. The Morgan fingerprint density at radius 2 is 1.72 bits per heavy atom. The number of anilines is 3. The van der Waals surface area contributed by atoms with Gasteiger partial charge >= 0.3 is 0 Å². The Kier molecular flexibility index (Phi) is 3.02. The van der Waals surface area contributed by atoms with E-state index >= 15 is 0 Å². The maximum Gasteiger partial charge on any atom is 0.139 e. The minimum absolute atomic E-state index is 0.101. The Morgan fingerprint density at radius 1 is 1.00 bits per heavy atom. The van der Waals surface area contributed by atoms with Crippen molar-refractivity contribution in [3.05, 3.63) is 41.5 Å². The van der Waals surface area contributed by atoms with E-state index in [1.54, 1.807) is 24.3 Å². The van der Waals surface area contributed by atoms with E-state index in [4.69, 9.17) is 5.73 Å². The summed E-state index contributed by atoms with van der Waals surface area (Å²) in [5.74, 6) is 0.234. The molecule has 4 heteroatoms. The zero-order valence-corrected chi connectivity index (χ0v) is 10.4. The monoisotopic (exact) mass is 244 g/mol. The summed E-state index contributed by atoms with van der Waals surface area (Å²) in [7, 11) is 0. The van der Waals surface area contributed by atoms with Crippen molar-refractivity contribution in [2.24, 2.45) is 0 Å². The number of aromatic hydroxyl groups is 2. The predicted octanol–water partition coefficient (Wildman–Crippen LogP) is 3.04. The van der Waals surface area contributed by atoms with Gasteiger partial charge in [0.05, 0.1) is 11.4 Å². The van der Waals surface area contributed by atoms with E-state index in [0.29, 0.717) is 17.1 Å². The molecule has 4 nitrogen and oxygen atoms in total. The van der Waals surface area contributed by atoms with Crippen molar-refractivity contribution < 1.29 is 10.2 Å². The van der Waals surface area contributed by atoms with Crippen molar-refractivity contribution in [1.82, 2.24) is 0 Å². The lowest BCUT2D eigenvalue weighted by Gasteiger charge is -2.14. The molecule has 94 valence electrons. The Morgan fingerprint density at radius 3 is 2.39 bits per heavy atom. The first-order valence-electron chi connectivity index (χ1n) is 5.63. The van der Waals surface area contributed by atoms with Gasteiger partial charge in [-0.15, -0.1) is 0 Å². The zero-order valence-electron chi connectivity index (χ0n) is 10.4. The van der Waals surface area contributed by atoms with Gasteiger partial charge in [0.1, 0.15) is 11.5 Å². The SMILES string of the molecule is Cc1cc(O)c(Nc2c(C)cccc2O)cc1N. The molecule has 0 aliphatic rings. The molecule has 0 spiro atoms. The van der Waals surface area contributed by atoms with Gasteiger partial charge in [-0.1, -0.05) is 12.1 Å². The Hall–Kier alpha value is -2.36. The molecular weight excluding hydrogens is 228 g/mol. The number of nitrogens with two attached hydrogens (primary N) is 1. The predicted molar refractivity (Wildman–Crippen MR) is 73.4 cm³/mol. The van der Waals surface area contributed by atoms with Gasteiger partial charge in [0.2, 0.25) is 0 Å². The molecule has 0 bridgehead atoms. The highest BCUT2D eigenvalue weighted by Gasteiger charge is 2.09. The minimum Gasteiger partial charge on any atom is -0.506 e. The fourth-order valence-corrected chi connectivity index (χ4v) is 1.76. The third-order valence-electron chi connectivity index (χ3n) is 2.89. The van der Waals surface area contributed by atoms with Crippen LogP contribution in [0.2, 0.25) is 0 Å². The first kappa shape index (κ1) is 12.1. The minimum atomic E-state index is 0.101. The number of hydrogen-bond acceptors (Lipinski definition) is 4. The maximum absolute atomic E-state index is 9.86. The van der Waals surface area contributed by atoms with Crippen LogP contribution in [0.3, 0.4) is 0 Å². The van der Waals surface area contributed by atoms with Crippen LogP contribution in [-0.2, 0) is 0 Å². The normalized spacial score (nSPS) is 10.3. The summed E-state index contributed by atoms with van der Waals surface area (Å²) in [5, 5.41) is 22.6. The van der Waals surface area contributed by atoms with Gasteiger partial charge in [0.15, 0.2) is 0 Å². The van der Waals surface area contributed by atoms with E-state index in [1.807, 2.05) is 19.9 Å². The summed E-state index contributed by atoms with van der Waals surface area (Å²) in [5.41, 5.74) is 9.13. The third-order valence-corrected chi connectivity index (χ3v) is 2.89. The zero-order chi connectivity index (χ0) is 13.3. The first-order chi connectivity index (χ1) is 8.49. The topological polar surface area (TPSA) is 78.5 Å². The van der Waals surface area contributed by atoms with Crippen molar-refractivity contribution in [3.63, 3.8) is 0 Å². The summed E-state index contributed by atoms with van der Waals surface area (Å²) in [6, 6.07) is 8.46. The molecule has 2 aromatic rings. The largest absolute Gasteiger partial charge is 0.506 e. The van der Waals surface area contributed by atoms with Gasteiger partial charge in [0.25, 0.3) is 0 Å². The van der Waals surface area contributed by atoms with Gasteiger partial charge in [-0.3, -0.25) is 0 Å². The lowest BCUT2D eigenvalue weighted by atomic mass is 10.1. The highest BCUT2D eigenvalue weighted by molar-refractivity contribution is 5.75. The molecule has 0 amide bonds. The smallest absolute Gasteiger partial charge is 0.139 e. The third kappa shape index (κ3) is 2.18. The summed E-state index contributed by atoms with van der Waals surface area (Å²) in [6.45, 7) is 3.70. The van der Waals surface area contributed by atoms with Crippen LogP contribution in [0.4, 0.5) is 17.1 Å². The lowest BCUT2D eigenvalue weighted by molar-refractivity contribution is 0.474. The van der Waals surface area contributed by atoms with Crippen molar-refractivity contribution in [2.45, 2.75) is 13.8 Å². The van der Waals surface area contributed by atoms with Gasteiger partial charge in [-0.25, -0.2) is 0 Å². The van der Waals surface area contributed by atoms with Crippen LogP contribution in [-0.4, -0.2) is 10.2 Å². The number of nitrogen functional groups attached to an aromatic ring is 1. The summed E-state index contributed by atoms with van der Waals surface area (Å²) in [6.07, 6.45) is 0. The standard InChI is InChI=1S/C14H16N2O2/c1-8-4-3-5-12(17)14(8)16-11-7-10(15)9(2)6-13(11)18/h3-7,16-18H,15H2,1-2H3. The fourth-order valence-electron chi connectivity index (χ4n) is 1.76. The molecular formula is C14H16N2O2. The van der Waals surface area contributed by atoms with Crippen LogP contribution in [0, 0.1) is 13.8 Å². The number of phenols is 2. The molecule has 0 aliphatic heterocycles. The number of hydrogen-bond donors (Lipinski definition) is 4. The van der Waals surface area contributed by atoms with Crippen LogP contribution in [0.15, 0.2) is 30.3 Å². The van der Waals surface area contributed by atoms with Crippen molar-refractivity contribution in [3.8, 4) is 11.5 Å². The van der Waals surface area contributed by atoms with E-state index in [0.717, 1.165) is 11.1 Å². The quantitative estimate of drug-likeness (QED) is 0.372. The Balaban J connectivity index is 2.43. The molecule has 5 N–H and O–H groups in total. The molecule has 2 aromatic carbocycles. The lowest BCUT2D eigenvalue weighted by Crippen LogP contribution is -1.97.